The first-order valence-electron chi connectivity index (χ1n) is 5.48. The number of halogens is 1. The third-order valence-corrected chi connectivity index (χ3v) is 3.37. The quantitative estimate of drug-likeness (QED) is 0.628. The summed E-state index contributed by atoms with van der Waals surface area (Å²) in [5.74, 6) is 0.620. The van der Waals surface area contributed by atoms with Crippen molar-refractivity contribution < 1.29 is 0 Å². The van der Waals surface area contributed by atoms with Crippen LogP contribution in [-0.2, 0) is 6.54 Å². The predicted octanol–water partition coefficient (Wildman–Crippen LogP) is 3.94. The maximum Gasteiger partial charge on any atom is 0.187 e. The highest BCUT2D eigenvalue weighted by Gasteiger charge is 2.11. The van der Waals surface area contributed by atoms with E-state index >= 15 is 0 Å². The highest BCUT2D eigenvalue weighted by atomic mass is 35.5. The van der Waals surface area contributed by atoms with Gasteiger partial charge in [0.25, 0.3) is 0 Å². The molecule has 0 saturated carbocycles. The standard InChI is InChI=1S/C13H12ClN3S/c1-9-10(2)17(16-13(9)15-8-18)7-11-5-3-4-6-12(11)14/h3-6H,7H2,1-2H3. The SMILES string of the molecule is Cc1c(N=C=S)nn(Cc2ccccc2Cl)c1C. The summed E-state index contributed by atoms with van der Waals surface area (Å²) in [7, 11) is 0. The molecule has 1 heterocycles. The number of aromatic nitrogens is 2. The number of isothiocyanates is 1. The average molecular weight is 278 g/mol. The van der Waals surface area contributed by atoms with Gasteiger partial charge in [-0.1, -0.05) is 29.8 Å². The Morgan fingerprint density at radius 1 is 1.39 bits per heavy atom. The van der Waals surface area contributed by atoms with Crippen LogP contribution in [0.2, 0.25) is 5.02 Å². The zero-order valence-electron chi connectivity index (χ0n) is 10.1. The normalized spacial score (nSPS) is 10.2. The molecule has 1 aromatic heterocycles. The van der Waals surface area contributed by atoms with Crippen LogP contribution >= 0.6 is 23.8 Å². The smallest absolute Gasteiger partial charge is 0.187 e. The summed E-state index contributed by atoms with van der Waals surface area (Å²) in [6.07, 6.45) is 0. The summed E-state index contributed by atoms with van der Waals surface area (Å²) in [6.45, 7) is 4.60. The zero-order valence-corrected chi connectivity index (χ0v) is 11.7. The Kier molecular flexibility index (Phi) is 3.92. The van der Waals surface area contributed by atoms with Crippen LogP contribution in [0, 0.1) is 13.8 Å². The maximum absolute atomic E-state index is 6.14. The van der Waals surface area contributed by atoms with E-state index in [1.807, 2.05) is 42.8 Å². The summed E-state index contributed by atoms with van der Waals surface area (Å²) in [4.78, 5) is 3.95. The molecule has 3 nitrogen and oxygen atoms in total. The Morgan fingerprint density at radius 2 is 2.11 bits per heavy atom. The number of nitrogens with zero attached hydrogens (tertiary/aromatic N) is 3. The van der Waals surface area contributed by atoms with E-state index in [1.54, 1.807) is 0 Å². The molecule has 2 rings (SSSR count). The van der Waals surface area contributed by atoms with Crippen molar-refractivity contribution in [2.24, 2.45) is 4.99 Å². The van der Waals surface area contributed by atoms with Gasteiger partial charge in [-0.15, -0.1) is 0 Å². The Balaban J connectivity index is 2.38. The van der Waals surface area contributed by atoms with Gasteiger partial charge >= 0.3 is 0 Å². The fraction of sp³-hybridized carbons (Fsp3) is 0.231. The molecular weight excluding hydrogens is 266 g/mol. The topological polar surface area (TPSA) is 30.2 Å². The third-order valence-electron chi connectivity index (χ3n) is 2.91. The van der Waals surface area contributed by atoms with Crippen LogP contribution in [0.15, 0.2) is 29.3 Å². The predicted molar refractivity (Wildman–Crippen MR) is 76.9 cm³/mol. The van der Waals surface area contributed by atoms with Crippen LogP contribution in [0.3, 0.4) is 0 Å². The van der Waals surface area contributed by atoms with Crippen LogP contribution in [0.5, 0.6) is 0 Å². The molecule has 0 amide bonds. The second-order valence-electron chi connectivity index (χ2n) is 3.99. The van der Waals surface area contributed by atoms with E-state index in [9.17, 15) is 0 Å². The van der Waals surface area contributed by atoms with Crippen molar-refractivity contribution in [1.29, 1.82) is 0 Å². The second-order valence-corrected chi connectivity index (χ2v) is 4.58. The second kappa shape index (κ2) is 5.44. The number of hydrogen-bond donors (Lipinski definition) is 0. The molecule has 5 heteroatoms. The van der Waals surface area contributed by atoms with Gasteiger partial charge < -0.3 is 0 Å². The van der Waals surface area contributed by atoms with Gasteiger partial charge in [-0.2, -0.15) is 10.1 Å². The molecule has 2 aromatic rings. The van der Waals surface area contributed by atoms with E-state index in [0.29, 0.717) is 12.4 Å². The molecule has 0 radical (unpaired) electrons. The first-order valence-corrected chi connectivity index (χ1v) is 6.27. The van der Waals surface area contributed by atoms with E-state index < -0.39 is 0 Å². The van der Waals surface area contributed by atoms with Gasteiger partial charge in [0.2, 0.25) is 0 Å². The van der Waals surface area contributed by atoms with Gasteiger partial charge in [0.1, 0.15) is 0 Å². The lowest BCUT2D eigenvalue weighted by Crippen LogP contribution is -2.04. The zero-order chi connectivity index (χ0) is 13.1. The van der Waals surface area contributed by atoms with Crippen LogP contribution < -0.4 is 0 Å². The van der Waals surface area contributed by atoms with E-state index in [0.717, 1.165) is 21.8 Å². The van der Waals surface area contributed by atoms with E-state index in [2.05, 4.69) is 27.5 Å². The monoisotopic (exact) mass is 277 g/mol. The summed E-state index contributed by atoms with van der Waals surface area (Å²) in [5, 5.41) is 7.49. The van der Waals surface area contributed by atoms with Crippen molar-refractivity contribution in [3.63, 3.8) is 0 Å². The molecule has 0 N–H and O–H groups in total. The molecular formula is C13H12ClN3S. The number of rotatable bonds is 3. The number of hydrogen-bond acceptors (Lipinski definition) is 3. The molecule has 0 atom stereocenters. The summed E-state index contributed by atoms with van der Waals surface area (Å²) < 4.78 is 1.88. The van der Waals surface area contributed by atoms with Crippen molar-refractivity contribution in [3.8, 4) is 0 Å². The van der Waals surface area contributed by atoms with Gasteiger partial charge in [-0.05, 0) is 37.7 Å². The molecule has 0 fully saturated rings. The molecule has 0 aliphatic heterocycles. The van der Waals surface area contributed by atoms with Crippen molar-refractivity contribution in [2.75, 3.05) is 0 Å². The summed E-state index contributed by atoms with van der Waals surface area (Å²) in [6, 6.07) is 7.73. The molecule has 0 spiro atoms. The molecule has 92 valence electrons. The van der Waals surface area contributed by atoms with Crippen LogP contribution in [0.1, 0.15) is 16.8 Å². The van der Waals surface area contributed by atoms with Gasteiger partial charge in [0.15, 0.2) is 5.82 Å². The van der Waals surface area contributed by atoms with E-state index in [-0.39, 0.29) is 0 Å². The first kappa shape index (κ1) is 13.0. The van der Waals surface area contributed by atoms with Crippen LogP contribution in [-0.4, -0.2) is 14.9 Å². The molecule has 1 aromatic carbocycles. The number of thiocarbonyl (C=S) groups is 1. The van der Waals surface area contributed by atoms with Crippen LogP contribution in [0.25, 0.3) is 0 Å². The highest BCUT2D eigenvalue weighted by molar-refractivity contribution is 7.78. The van der Waals surface area contributed by atoms with Crippen molar-refractivity contribution in [2.45, 2.75) is 20.4 Å². The van der Waals surface area contributed by atoms with Crippen LogP contribution in [0.4, 0.5) is 5.82 Å². The third kappa shape index (κ3) is 2.51. The summed E-state index contributed by atoms with van der Waals surface area (Å²) >= 11 is 10.8. The minimum Gasteiger partial charge on any atom is -0.263 e. The fourth-order valence-corrected chi connectivity index (χ4v) is 1.99. The van der Waals surface area contributed by atoms with Crippen molar-refractivity contribution in [3.05, 3.63) is 46.1 Å². The lowest BCUT2D eigenvalue weighted by Gasteiger charge is -2.06. The van der Waals surface area contributed by atoms with Gasteiger partial charge in [-0.3, -0.25) is 4.68 Å². The largest absolute Gasteiger partial charge is 0.263 e. The Bertz CT molecular complexity index is 627. The Hall–Kier alpha value is -1.48. The number of benzene rings is 1. The molecule has 0 saturated heterocycles. The van der Waals surface area contributed by atoms with Gasteiger partial charge in [-0.25, -0.2) is 0 Å². The lowest BCUT2D eigenvalue weighted by molar-refractivity contribution is 0.665. The Morgan fingerprint density at radius 3 is 2.78 bits per heavy atom. The lowest BCUT2D eigenvalue weighted by atomic mass is 10.2. The first-order chi connectivity index (χ1) is 8.63. The molecule has 0 aliphatic carbocycles. The Labute approximate surface area is 116 Å². The minimum atomic E-state index is 0.620. The molecule has 0 bridgehead atoms. The van der Waals surface area contributed by atoms with Crippen molar-refractivity contribution in [1.82, 2.24) is 9.78 Å². The summed E-state index contributed by atoms with van der Waals surface area (Å²) in [5.41, 5.74) is 3.10. The van der Waals surface area contributed by atoms with Crippen molar-refractivity contribution >= 4 is 34.8 Å². The maximum atomic E-state index is 6.14. The van der Waals surface area contributed by atoms with Gasteiger partial charge in [0.05, 0.1) is 11.7 Å². The molecule has 18 heavy (non-hydrogen) atoms. The van der Waals surface area contributed by atoms with E-state index in [4.69, 9.17) is 11.6 Å². The highest BCUT2D eigenvalue weighted by Crippen LogP contribution is 2.22. The average Bonchev–Trinajstić information content (AvgIpc) is 2.61. The van der Waals surface area contributed by atoms with Gasteiger partial charge in [0, 0.05) is 16.3 Å². The number of aliphatic imine (C=N–C) groups is 1. The fourth-order valence-electron chi connectivity index (χ4n) is 1.71. The molecule has 0 aliphatic rings. The van der Waals surface area contributed by atoms with E-state index in [1.165, 1.54) is 0 Å². The minimum absolute atomic E-state index is 0.620. The molecule has 0 unspecified atom stereocenters.